The highest BCUT2D eigenvalue weighted by molar-refractivity contribution is 7.99. The van der Waals surface area contributed by atoms with Crippen LogP contribution >= 0.6 is 11.8 Å². The number of aliphatic carboxylic acids is 1. The molecule has 1 aliphatic heterocycles. The summed E-state index contributed by atoms with van der Waals surface area (Å²) in [7, 11) is 0. The molecule has 3 heterocycles. The maximum atomic E-state index is 10.9. The zero-order valence-electron chi connectivity index (χ0n) is 13.1. The minimum Gasteiger partial charge on any atom is -0.481 e. The topological polar surface area (TPSA) is 205 Å². The van der Waals surface area contributed by atoms with Gasteiger partial charge in [0, 0.05) is 4.91 Å². The Morgan fingerprint density at radius 3 is 2.92 bits per heavy atom. The van der Waals surface area contributed by atoms with Crippen LogP contribution in [0.15, 0.2) is 16.6 Å². The average Bonchev–Trinajstić information content (AvgIpc) is 3.11. The van der Waals surface area contributed by atoms with Crippen LogP contribution in [0, 0.1) is 0 Å². The number of hydrogen-bond acceptors (Lipinski definition) is 10. The molecule has 26 heavy (non-hydrogen) atoms. The van der Waals surface area contributed by atoms with Crippen molar-refractivity contribution in [1.29, 1.82) is 0 Å². The Morgan fingerprint density at radius 1 is 1.46 bits per heavy atom. The van der Waals surface area contributed by atoms with Crippen molar-refractivity contribution in [2.45, 2.75) is 29.7 Å². The van der Waals surface area contributed by atoms with Crippen molar-refractivity contribution in [3.05, 3.63) is 16.8 Å². The molecule has 0 aliphatic carbocycles. The Balaban J connectivity index is 2.04. The first-order valence-electron chi connectivity index (χ1n) is 7.29. The van der Waals surface area contributed by atoms with Gasteiger partial charge in [-0.1, -0.05) is 16.9 Å². The van der Waals surface area contributed by atoms with Gasteiger partial charge < -0.3 is 25.8 Å². The van der Waals surface area contributed by atoms with Gasteiger partial charge in [-0.15, -0.1) is 0 Å². The van der Waals surface area contributed by atoms with Crippen LogP contribution in [-0.4, -0.2) is 71.4 Å². The Morgan fingerprint density at radius 2 is 2.23 bits per heavy atom. The summed E-state index contributed by atoms with van der Waals surface area (Å²) in [6.45, 7) is -0.188. The Kier molecular flexibility index (Phi) is 5.11. The van der Waals surface area contributed by atoms with Gasteiger partial charge in [0.2, 0.25) is 0 Å². The van der Waals surface area contributed by atoms with Crippen LogP contribution in [0.3, 0.4) is 0 Å². The molecule has 0 bridgehead atoms. The Hall–Kier alpha value is -2.64. The SMILES string of the molecule is [N-]=[N+]=NC[C@H]1O[C@@H](n2c(SCC(=O)O)nc3c(N)ncnc32)[C@@H](O)C1O. The predicted octanol–water partition coefficient (Wildman–Crippen LogP) is -0.485. The van der Waals surface area contributed by atoms with E-state index in [1.54, 1.807) is 0 Å². The molecular weight excluding hydrogens is 368 g/mol. The molecule has 2 aromatic rings. The lowest BCUT2D eigenvalue weighted by atomic mass is 10.1. The van der Waals surface area contributed by atoms with E-state index < -0.39 is 30.5 Å². The molecular formula is C12H14N8O5S. The number of aromatic nitrogens is 4. The van der Waals surface area contributed by atoms with Gasteiger partial charge in [0.15, 0.2) is 28.4 Å². The number of aliphatic hydroxyl groups excluding tert-OH is 2. The van der Waals surface area contributed by atoms with E-state index in [4.69, 9.17) is 21.1 Å². The number of carbonyl (C=O) groups is 1. The summed E-state index contributed by atoms with van der Waals surface area (Å²) in [5.41, 5.74) is 14.6. The van der Waals surface area contributed by atoms with Gasteiger partial charge >= 0.3 is 5.97 Å². The fraction of sp³-hybridized carbons (Fsp3) is 0.500. The summed E-state index contributed by atoms with van der Waals surface area (Å²) in [6, 6.07) is 0. The monoisotopic (exact) mass is 382 g/mol. The number of nitrogen functional groups attached to an aromatic ring is 1. The van der Waals surface area contributed by atoms with Crippen LogP contribution in [0.2, 0.25) is 0 Å². The van der Waals surface area contributed by atoms with E-state index in [-0.39, 0.29) is 34.4 Å². The number of aliphatic hydroxyl groups is 2. The molecule has 1 saturated heterocycles. The molecule has 5 N–H and O–H groups in total. The van der Waals surface area contributed by atoms with Crippen LogP contribution < -0.4 is 5.73 Å². The second-order valence-electron chi connectivity index (χ2n) is 5.34. The van der Waals surface area contributed by atoms with Crippen molar-refractivity contribution >= 4 is 34.7 Å². The number of anilines is 1. The molecule has 138 valence electrons. The van der Waals surface area contributed by atoms with Crippen molar-refractivity contribution in [2.24, 2.45) is 5.11 Å². The lowest BCUT2D eigenvalue weighted by Gasteiger charge is -2.18. The normalized spacial score (nSPS) is 25.3. The fourth-order valence-corrected chi connectivity index (χ4v) is 3.31. The second-order valence-corrected chi connectivity index (χ2v) is 6.28. The van der Waals surface area contributed by atoms with Gasteiger partial charge in [-0.05, 0) is 5.53 Å². The van der Waals surface area contributed by atoms with Crippen LogP contribution in [0.1, 0.15) is 6.23 Å². The van der Waals surface area contributed by atoms with Crippen molar-refractivity contribution in [3.8, 4) is 0 Å². The minimum atomic E-state index is -1.38. The first-order chi connectivity index (χ1) is 12.4. The third-order valence-electron chi connectivity index (χ3n) is 3.71. The molecule has 0 radical (unpaired) electrons. The van der Waals surface area contributed by atoms with Gasteiger partial charge in [-0.25, -0.2) is 15.0 Å². The molecule has 1 unspecified atom stereocenters. The molecule has 0 amide bonds. The molecule has 14 heteroatoms. The molecule has 3 rings (SSSR count). The van der Waals surface area contributed by atoms with E-state index in [1.807, 2.05) is 0 Å². The molecule has 4 atom stereocenters. The summed E-state index contributed by atoms with van der Waals surface area (Å²) >= 11 is 0.873. The van der Waals surface area contributed by atoms with Crippen molar-refractivity contribution in [2.75, 3.05) is 18.0 Å². The molecule has 1 aliphatic rings. The van der Waals surface area contributed by atoms with Gasteiger partial charge in [-0.3, -0.25) is 9.36 Å². The fourth-order valence-electron chi connectivity index (χ4n) is 2.57. The van der Waals surface area contributed by atoms with Crippen molar-refractivity contribution < 1.29 is 24.9 Å². The predicted molar refractivity (Wildman–Crippen MR) is 88.0 cm³/mol. The van der Waals surface area contributed by atoms with Gasteiger partial charge in [0.05, 0.1) is 18.4 Å². The number of ether oxygens (including phenoxy) is 1. The highest BCUT2D eigenvalue weighted by atomic mass is 32.2. The number of carboxylic acids is 1. The van der Waals surface area contributed by atoms with Crippen LogP contribution in [0.4, 0.5) is 5.82 Å². The summed E-state index contributed by atoms with van der Waals surface area (Å²) < 4.78 is 6.98. The number of nitrogens with two attached hydrogens (primary N) is 1. The number of imidazole rings is 1. The van der Waals surface area contributed by atoms with E-state index in [0.717, 1.165) is 11.8 Å². The highest BCUT2D eigenvalue weighted by Crippen LogP contribution is 2.36. The number of carboxylic acid groups (broad SMARTS) is 1. The Bertz CT molecular complexity index is 884. The summed E-state index contributed by atoms with van der Waals surface area (Å²) in [5.74, 6) is -1.30. The van der Waals surface area contributed by atoms with Crippen LogP contribution in [-0.2, 0) is 9.53 Å². The van der Waals surface area contributed by atoms with E-state index in [1.165, 1.54) is 10.9 Å². The maximum Gasteiger partial charge on any atom is 0.313 e. The van der Waals surface area contributed by atoms with Gasteiger partial charge in [0.25, 0.3) is 0 Å². The average molecular weight is 382 g/mol. The standard InChI is InChI=1S/C12H14N8O5S/c13-9-6-10(16-3-15-9)20(12(18-6)26-2-5(21)22)11-8(24)7(23)4(25-11)1-17-19-14/h3-4,7-8,11,23-24H,1-2H2,(H,21,22)(H2,13,15,16)/t4-,7?,8+,11-/m1/s1. The third kappa shape index (κ3) is 3.23. The van der Waals surface area contributed by atoms with Crippen LogP contribution in [0.5, 0.6) is 0 Å². The van der Waals surface area contributed by atoms with E-state index in [2.05, 4.69) is 25.0 Å². The number of fused-ring (bicyclic) bond motifs is 1. The lowest BCUT2D eigenvalue weighted by molar-refractivity contribution is -0.133. The second kappa shape index (κ2) is 7.31. The van der Waals surface area contributed by atoms with Gasteiger partial charge in [0.1, 0.15) is 18.5 Å². The quantitative estimate of drug-likeness (QED) is 0.218. The highest BCUT2D eigenvalue weighted by Gasteiger charge is 2.45. The number of thioether (sulfide) groups is 1. The smallest absolute Gasteiger partial charge is 0.313 e. The number of rotatable bonds is 6. The molecule has 1 fully saturated rings. The molecule has 0 aromatic carbocycles. The van der Waals surface area contributed by atoms with Crippen molar-refractivity contribution in [1.82, 2.24) is 19.5 Å². The number of azide groups is 1. The van der Waals surface area contributed by atoms with E-state index in [0.29, 0.717) is 0 Å². The van der Waals surface area contributed by atoms with Gasteiger partial charge in [-0.2, -0.15) is 0 Å². The third-order valence-corrected chi connectivity index (χ3v) is 4.65. The largest absolute Gasteiger partial charge is 0.481 e. The number of nitrogens with zero attached hydrogens (tertiary/aromatic N) is 7. The lowest BCUT2D eigenvalue weighted by Crippen LogP contribution is -2.33. The molecule has 0 saturated carbocycles. The van der Waals surface area contributed by atoms with Crippen LogP contribution in [0.25, 0.3) is 21.6 Å². The molecule has 13 nitrogen and oxygen atoms in total. The first kappa shape index (κ1) is 18.2. The Labute approximate surface area is 149 Å². The maximum absolute atomic E-state index is 10.9. The minimum absolute atomic E-state index is 0.0737. The van der Waals surface area contributed by atoms with E-state index >= 15 is 0 Å². The zero-order chi connectivity index (χ0) is 18.8. The molecule has 0 spiro atoms. The van der Waals surface area contributed by atoms with Crippen molar-refractivity contribution in [3.63, 3.8) is 0 Å². The van der Waals surface area contributed by atoms with E-state index in [9.17, 15) is 15.0 Å². The summed E-state index contributed by atoms with van der Waals surface area (Å²) in [4.78, 5) is 25.6. The summed E-state index contributed by atoms with van der Waals surface area (Å²) in [5, 5.41) is 32.9. The molecule has 2 aromatic heterocycles. The summed E-state index contributed by atoms with van der Waals surface area (Å²) in [6.07, 6.45) is -3.58. The number of hydrogen-bond donors (Lipinski definition) is 4. The zero-order valence-corrected chi connectivity index (χ0v) is 13.9. The first-order valence-corrected chi connectivity index (χ1v) is 8.28.